The van der Waals surface area contributed by atoms with E-state index < -0.39 is 0 Å². The van der Waals surface area contributed by atoms with Crippen molar-refractivity contribution in [1.29, 1.82) is 0 Å². The molecule has 1 aliphatic heterocycles. The lowest BCUT2D eigenvalue weighted by Gasteiger charge is -2.06. The molecule has 0 aliphatic carbocycles. The molecule has 1 atom stereocenters. The minimum Gasteiger partial charge on any atom is -0.316 e. The van der Waals surface area contributed by atoms with Gasteiger partial charge in [-0.2, -0.15) is 0 Å². The van der Waals surface area contributed by atoms with E-state index in [9.17, 15) is 0 Å². The van der Waals surface area contributed by atoms with Crippen molar-refractivity contribution in [3.05, 3.63) is 33.8 Å². The Morgan fingerprint density at radius 3 is 3.19 bits per heavy atom. The predicted octanol–water partition coefficient (Wildman–Crippen LogP) is 2.83. The molecule has 2 aromatic heterocycles. The molecule has 5 heteroatoms. The fraction of sp³-hybridized carbons (Fsp3) is 0.364. The van der Waals surface area contributed by atoms with Crippen LogP contribution in [0.2, 0.25) is 5.15 Å². The number of nitrogens with one attached hydrogen (secondary N) is 1. The smallest absolute Gasteiger partial charge is 0.155 e. The van der Waals surface area contributed by atoms with Crippen LogP contribution in [0.1, 0.15) is 18.2 Å². The van der Waals surface area contributed by atoms with Crippen LogP contribution in [0.25, 0.3) is 5.52 Å². The van der Waals surface area contributed by atoms with Gasteiger partial charge in [0.1, 0.15) is 5.82 Å². The standard InChI is InChI=1S/C11H11BrClN3/c12-8-2-4-16-9(5-8)10(13)15-11(16)7-1-3-14-6-7/h2,4-5,7,14H,1,3,6H2. The van der Waals surface area contributed by atoms with Gasteiger partial charge in [-0.25, -0.2) is 4.98 Å². The highest BCUT2D eigenvalue weighted by atomic mass is 79.9. The summed E-state index contributed by atoms with van der Waals surface area (Å²) in [6.45, 7) is 2.05. The van der Waals surface area contributed by atoms with E-state index >= 15 is 0 Å². The van der Waals surface area contributed by atoms with Crippen molar-refractivity contribution in [2.75, 3.05) is 13.1 Å². The summed E-state index contributed by atoms with van der Waals surface area (Å²) in [7, 11) is 0. The molecule has 0 bridgehead atoms. The fourth-order valence-corrected chi connectivity index (χ4v) is 2.78. The number of rotatable bonds is 1. The maximum Gasteiger partial charge on any atom is 0.155 e. The van der Waals surface area contributed by atoms with E-state index in [1.165, 1.54) is 0 Å². The van der Waals surface area contributed by atoms with Crippen molar-refractivity contribution in [3.8, 4) is 0 Å². The number of nitrogens with zero attached hydrogens (tertiary/aromatic N) is 2. The van der Waals surface area contributed by atoms with Gasteiger partial charge in [0.25, 0.3) is 0 Å². The zero-order valence-corrected chi connectivity index (χ0v) is 10.9. The van der Waals surface area contributed by atoms with Gasteiger partial charge in [0.15, 0.2) is 5.15 Å². The summed E-state index contributed by atoms with van der Waals surface area (Å²) in [6.07, 6.45) is 3.15. The Kier molecular flexibility index (Phi) is 2.65. The fourth-order valence-electron chi connectivity index (χ4n) is 2.21. The number of aromatic nitrogens is 2. The number of halogens is 2. The van der Waals surface area contributed by atoms with Gasteiger partial charge in [-0.05, 0) is 25.1 Å². The molecule has 1 saturated heterocycles. The first-order chi connectivity index (χ1) is 7.75. The number of hydrogen-bond acceptors (Lipinski definition) is 2. The second-order valence-corrected chi connectivity index (χ2v) is 5.32. The Bertz CT molecular complexity index is 531. The monoisotopic (exact) mass is 299 g/mol. The Morgan fingerprint density at radius 1 is 1.56 bits per heavy atom. The van der Waals surface area contributed by atoms with Gasteiger partial charge in [-0.3, -0.25) is 0 Å². The predicted molar refractivity (Wildman–Crippen MR) is 68.1 cm³/mol. The molecule has 0 spiro atoms. The molecule has 16 heavy (non-hydrogen) atoms. The van der Waals surface area contributed by atoms with Gasteiger partial charge >= 0.3 is 0 Å². The van der Waals surface area contributed by atoms with Crippen LogP contribution in [0.15, 0.2) is 22.8 Å². The lowest BCUT2D eigenvalue weighted by atomic mass is 10.1. The molecule has 1 unspecified atom stereocenters. The molecule has 3 nitrogen and oxygen atoms in total. The van der Waals surface area contributed by atoms with Crippen molar-refractivity contribution in [2.45, 2.75) is 12.3 Å². The number of fused-ring (bicyclic) bond motifs is 1. The minimum absolute atomic E-state index is 0.473. The van der Waals surface area contributed by atoms with Crippen LogP contribution in [0.5, 0.6) is 0 Å². The third-order valence-electron chi connectivity index (χ3n) is 3.01. The van der Waals surface area contributed by atoms with Crippen LogP contribution >= 0.6 is 27.5 Å². The van der Waals surface area contributed by atoms with Crippen LogP contribution in [0.4, 0.5) is 0 Å². The summed E-state index contributed by atoms with van der Waals surface area (Å²) in [4.78, 5) is 4.48. The topological polar surface area (TPSA) is 29.3 Å². The minimum atomic E-state index is 0.473. The summed E-state index contributed by atoms with van der Waals surface area (Å²) in [5, 5.41) is 3.94. The van der Waals surface area contributed by atoms with Gasteiger partial charge < -0.3 is 9.72 Å². The van der Waals surface area contributed by atoms with Gasteiger partial charge in [-0.15, -0.1) is 0 Å². The second kappa shape index (κ2) is 4.02. The lowest BCUT2D eigenvalue weighted by Crippen LogP contribution is -2.10. The molecule has 3 rings (SSSR count). The highest BCUT2D eigenvalue weighted by molar-refractivity contribution is 9.10. The average Bonchev–Trinajstić information content (AvgIpc) is 2.87. The summed E-state index contributed by atoms with van der Waals surface area (Å²) in [5.41, 5.74) is 0.970. The molecule has 2 aromatic rings. The first-order valence-electron chi connectivity index (χ1n) is 5.29. The van der Waals surface area contributed by atoms with Crippen molar-refractivity contribution < 1.29 is 0 Å². The molecule has 0 aromatic carbocycles. The summed E-state index contributed by atoms with van der Waals surface area (Å²) < 4.78 is 3.11. The van der Waals surface area contributed by atoms with E-state index in [0.717, 1.165) is 35.3 Å². The molecule has 0 saturated carbocycles. The van der Waals surface area contributed by atoms with Crippen LogP contribution in [0, 0.1) is 0 Å². The number of imidazole rings is 1. The third-order valence-corrected chi connectivity index (χ3v) is 3.78. The van der Waals surface area contributed by atoms with Gasteiger partial charge in [-0.1, -0.05) is 27.5 Å². The highest BCUT2D eigenvalue weighted by Crippen LogP contribution is 2.28. The zero-order chi connectivity index (χ0) is 11.1. The summed E-state index contributed by atoms with van der Waals surface area (Å²) >= 11 is 9.60. The molecule has 1 aliphatic rings. The Balaban J connectivity index is 2.18. The maximum absolute atomic E-state index is 6.15. The first-order valence-corrected chi connectivity index (χ1v) is 6.46. The van der Waals surface area contributed by atoms with E-state index in [-0.39, 0.29) is 0 Å². The average molecular weight is 301 g/mol. The van der Waals surface area contributed by atoms with E-state index in [1.54, 1.807) is 0 Å². The Hall–Kier alpha value is -0.580. The first kappa shape index (κ1) is 10.6. The van der Waals surface area contributed by atoms with E-state index in [2.05, 4.69) is 30.6 Å². The summed E-state index contributed by atoms with van der Waals surface area (Å²) in [5.74, 6) is 1.54. The van der Waals surface area contributed by atoms with E-state index in [0.29, 0.717) is 11.1 Å². The van der Waals surface area contributed by atoms with Crippen molar-refractivity contribution in [1.82, 2.24) is 14.7 Å². The van der Waals surface area contributed by atoms with Crippen molar-refractivity contribution in [3.63, 3.8) is 0 Å². The maximum atomic E-state index is 6.15. The zero-order valence-electron chi connectivity index (χ0n) is 8.58. The van der Waals surface area contributed by atoms with E-state index in [4.69, 9.17) is 11.6 Å². The van der Waals surface area contributed by atoms with Crippen LogP contribution in [-0.4, -0.2) is 22.5 Å². The highest BCUT2D eigenvalue weighted by Gasteiger charge is 2.22. The summed E-state index contributed by atoms with van der Waals surface area (Å²) in [6, 6.07) is 4.01. The second-order valence-electron chi connectivity index (χ2n) is 4.05. The SMILES string of the molecule is Clc1nc(C2CCNC2)n2ccc(Br)cc12. The Labute approximate surface area is 107 Å². The van der Waals surface area contributed by atoms with Crippen LogP contribution in [-0.2, 0) is 0 Å². The molecule has 0 radical (unpaired) electrons. The number of hydrogen-bond donors (Lipinski definition) is 1. The molecular weight excluding hydrogens is 289 g/mol. The van der Waals surface area contributed by atoms with Gasteiger partial charge in [0.05, 0.1) is 5.52 Å². The van der Waals surface area contributed by atoms with Crippen LogP contribution in [0.3, 0.4) is 0 Å². The van der Waals surface area contributed by atoms with Crippen molar-refractivity contribution >= 4 is 33.0 Å². The quantitative estimate of drug-likeness (QED) is 0.877. The largest absolute Gasteiger partial charge is 0.316 e. The lowest BCUT2D eigenvalue weighted by molar-refractivity contribution is 0.698. The molecule has 1 fully saturated rings. The molecular formula is C11H11BrClN3. The van der Waals surface area contributed by atoms with Gasteiger partial charge in [0.2, 0.25) is 0 Å². The Morgan fingerprint density at radius 2 is 2.44 bits per heavy atom. The molecule has 84 valence electrons. The normalized spacial score (nSPS) is 20.8. The van der Waals surface area contributed by atoms with Crippen LogP contribution < -0.4 is 5.32 Å². The van der Waals surface area contributed by atoms with E-state index in [1.807, 2.05) is 18.3 Å². The molecule has 3 heterocycles. The molecule has 0 amide bonds. The molecule has 1 N–H and O–H groups in total. The van der Waals surface area contributed by atoms with Crippen molar-refractivity contribution in [2.24, 2.45) is 0 Å². The number of pyridine rings is 1. The third kappa shape index (κ3) is 1.65. The van der Waals surface area contributed by atoms with Gasteiger partial charge in [0, 0.05) is 23.1 Å².